The molecule has 24 heavy (non-hydrogen) atoms. The lowest BCUT2D eigenvalue weighted by molar-refractivity contribution is -0.128. The molecule has 2 aromatic rings. The molecule has 0 spiro atoms. The third-order valence-electron chi connectivity index (χ3n) is 4.85. The van der Waals surface area contributed by atoms with Crippen LogP contribution in [0.1, 0.15) is 51.9 Å². The van der Waals surface area contributed by atoms with Crippen LogP contribution in [0, 0.1) is 0 Å². The summed E-state index contributed by atoms with van der Waals surface area (Å²) in [6, 6.07) is 14.4. The van der Waals surface area contributed by atoms with Crippen LogP contribution in [0.5, 0.6) is 5.75 Å². The summed E-state index contributed by atoms with van der Waals surface area (Å²) in [6.07, 6.45) is 8.04. The van der Waals surface area contributed by atoms with E-state index in [0.717, 1.165) is 24.0 Å². The zero-order valence-corrected chi connectivity index (χ0v) is 14.5. The molecule has 1 saturated carbocycles. The predicted molar refractivity (Wildman–Crippen MR) is 98.3 cm³/mol. The van der Waals surface area contributed by atoms with E-state index in [-0.39, 0.29) is 5.91 Å². The minimum absolute atomic E-state index is 0.00580. The van der Waals surface area contributed by atoms with Gasteiger partial charge in [-0.2, -0.15) is 0 Å². The van der Waals surface area contributed by atoms with Crippen LogP contribution in [0.15, 0.2) is 42.5 Å². The molecular formula is C21H27NO2. The zero-order valence-electron chi connectivity index (χ0n) is 14.5. The van der Waals surface area contributed by atoms with E-state index in [1.807, 2.05) is 37.3 Å². The lowest BCUT2D eigenvalue weighted by Crippen LogP contribution is -2.42. The molecule has 1 N–H and O–H groups in total. The summed E-state index contributed by atoms with van der Waals surface area (Å²) in [7, 11) is 0. The van der Waals surface area contributed by atoms with Gasteiger partial charge < -0.3 is 10.1 Å². The predicted octanol–water partition coefficient (Wildman–Crippen LogP) is 4.84. The largest absolute Gasteiger partial charge is 0.481 e. The maximum atomic E-state index is 12.4. The van der Waals surface area contributed by atoms with Gasteiger partial charge in [0.25, 0.3) is 5.91 Å². The van der Waals surface area contributed by atoms with Gasteiger partial charge in [0.15, 0.2) is 6.10 Å². The van der Waals surface area contributed by atoms with Crippen molar-refractivity contribution in [2.45, 2.75) is 64.0 Å². The average molecular weight is 325 g/mol. The van der Waals surface area contributed by atoms with Crippen LogP contribution in [0.3, 0.4) is 0 Å². The summed E-state index contributed by atoms with van der Waals surface area (Å²) in [5.41, 5.74) is 0. The quantitative estimate of drug-likeness (QED) is 0.874. The van der Waals surface area contributed by atoms with Crippen LogP contribution >= 0.6 is 0 Å². The summed E-state index contributed by atoms with van der Waals surface area (Å²) in [5, 5.41) is 5.48. The number of carbonyl (C=O) groups is 1. The molecule has 0 unspecified atom stereocenters. The van der Waals surface area contributed by atoms with E-state index in [0.29, 0.717) is 6.04 Å². The maximum absolute atomic E-state index is 12.4. The Morgan fingerprint density at radius 1 is 1.00 bits per heavy atom. The number of benzene rings is 2. The Kier molecular flexibility index (Phi) is 5.73. The fraction of sp³-hybridized carbons (Fsp3) is 0.476. The highest BCUT2D eigenvalue weighted by Gasteiger charge is 2.19. The Bertz CT molecular complexity index is 674. The molecule has 3 heteroatoms. The molecule has 2 aromatic carbocycles. The number of rotatable bonds is 4. The first-order valence-electron chi connectivity index (χ1n) is 9.18. The topological polar surface area (TPSA) is 38.3 Å². The fourth-order valence-electron chi connectivity index (χ4n) is 3.42. The van der Waals surface area contributed by atoms with Gasteiger partial charge in [0.2, 0.25) is 0 Å². The summed E-state index contributed by atoms with van der Waals surface area (Å²) in [4.78, 5) is 12.4. The van der Waals surface area contributed by atoms with Crippen LogP contribution in [-0.4, -0.2) is 18.1 Å². The van der Waals surface area contributed by atoms with Crippen molar-refractivity contribution in [3.05, 3.63) is 42.5 Å². The summed E-state index contributed by atoms with van der Waals surface area (Å²) in [6.45, 7) is 1.83. The molecule has 3 rings (SSSR count). The fourth-order valence-corrected chi connectivity index (χ4v) is 3.42. The lowest BCUT2D eigenvalue weighted by Gasteiger charge is -2.23. The minimum Gasteiger partial charge on any atom is -0.481 e. The highest BCUT2D eigenvalue weighted by atomic mass is 16.5. The number of hydrogen-bond acceptors (Lipinski definition) is 2. The van der Waals surface area contributed by atoms with E-state index in [2.05, 4.69) is 17.4 Å². The molecule has 0 saturated heterocycles. The van der Waals surface area contributed by atoms with Crippen molar-refractivity contribution in [2.24, 2.45) is 0 Å². The van der Waals surface area contributed by atoms with Gasteiger partial charge in [0, 0.05) is 6.04 Å². The van der Waals surface area contributed by atoms with Crippen molar-refractivity contribution in [3.63, 3.8) is 0 Å². The van der Waals surface area contributed by atoms with E-state index in [1.54, 1.807) is 0 Å². The number of fused-ring (bicyclic) bond motifs is 1. The van der Waals surface area contributed by atoms with Gasteiger partial charge in [-0.05, 0) is 42.7 Å². The summed E-state index contributed by atoms with van der Waals surface area (Å²) in [5.74, 6) is 0.739. The molecule has 1 atom stereocenters. The van der Waals surface area contributed by atoms with E-state index < -0.39 is 6.10 Å². The van der Waals surface area contributed by atoms with E-state index in [4.69, 9.17) is 4.74 Å². The molecule has 1 amide bonds. The molecule has 3 nitrogen and oxygen atoms in total. The first kappa shape index (κ1) is 16.8. The minimum atomic E-state index is -0.475. The highest BCUT2D eigenvalue weighted by Crippen LogP contribution is 2.22. The number of hydrogen-bond donors (Lipinski definition) is 1. The number of nitrogens with one attached hydrogen (secondary N) is 1. The number of amides is 1. The third kappa shape index (κ3) is 4.50. The number of carbonyl (C=O) groups excluding carboxylic acids is 1. The highest BCUT2D eigenvalue weighted by molar-refractivity contribution is 5.84. The van der Waals surface area contributed by atoms with Crippen molar-refractivity contribution in [2.75, 3.05) is 0 Å². The van der Waals surface area contributed by atoms with Gasteiger partial charge in [0.05, 0.1) is 0 Å². The lowest BCUT2D eigenvalue weighted by atomic mass is 9.96. The molecule has 1 fully saturated rings. The molecule has 1 aliphatic rings. The molecule has 0 heterocycles. The molecule has 0 radical (unpaired) electrons. The van der Waals surface area contributed by atoms with Crippen molar-refractivity contribution in [3.8, 4) is 5.75 Å². The van der Waals surface area contributed by atoms with Crippen LogP contribution in [0.4, 0.5) is 0 Å². The Balaban J connectivity index is 1.58. The maximum Gasteiger partial charge on any atom is 0.260 e. The van der Waals surface area contributed by atoms with Crippen molar-refractivity contribution >= 4 is 16.7 Å². The normalized spacial score (nSPS) is 17.7. The van der Waals surface area contributed by atoms with Crippen molar-refractivity contribution in [1.82, 2.24) is 5.32 Å². The first-order valence-corrected chi connectivity index (χ1v) is 9.18. The molecule has 0 aliphatic heterocycles. The van der Waals surface area contributed by atoms with Crippen LogP contribution in [0.25, 0.3) is 10.8 Å². The molecule has 1 aliphatic carbocycles. The number of ether oxygens (including phenoxy) is 1. The van der Waals surface area contributed by atoms with Gasteiger partial charge in [0.1, 0.15) is 5.75 Å². The standard InChI is InChI=1S/C21H27NO2/c1-16(21(23)22-19-11-5-3-2-4-6-12-19)24-20-14-13-17-9-7-8-10-18(17)15-20/h7-10,13-16,19H,2-6,11-12H2,1H3,(H,22,23)/t16-/m0/s1. The summed E-state index contributed by atoms with van der Waals surface area (Å²) >= 11 is 0. The van der Waals surface area contributed by atoms with Crippen molar-refractivity contribution < 1.29 is 9.53 Å². The van der Waals surface area contributed by atoms with Gasteiger partial charge in [-0.3, -0.25) is 4.79 Å². The zero-order chi connectivity index (χ0) is 16.8. The van der Waals surface area contributed by atoms with Crippen LogP contribution in [0.2, 0.25) is 0 Å². The Morgan fingerprint density at radius 3 is 2.42 bits per heavy atom. The Hall–Kier alpha value is -2.03. The van der Waals surface area contributed by atoms with E-state index in [9.17, 15) is 4.79 Å². The summed E-state index contributed by atoms with van der Waals surface area (Å²) < 4.78 is 5.87. The molecule has 0 aromatic heterocycles. The monoisotopic (exact) mass is 325 g/mol. The molecule has 0 bridgehead atoms. The van der Waals surface area contributed by atoms with Crippen molar-refractivity contribution in [1.29, 1.82) is 0 Å². The van der Waals surface area contributed by atoms with Gasteiger partial charge in [-0.25, -0.2) is 0 Å². The second kappa shape index (κ2) is 8.18. The Morgan fingerprint density at radius 2 is 1.67 bits per heavy atom. The van der Waals surface area contributed by atoms with Crippen LogP contribution < -0.4 is 10.1 Å². The molecular weight excluding hydrogens is 298 g/mol. The Labute approximate surface area is 144 Å². The van der Waals surface area contributed by atoms with Gasteiger partial charge >= 0.3 is 0 Å². The van der Waals surface area contributed by atoms with Crippen LogP contribution in [-0.2, 0) is 4.79 Å². The van der Waals surface area contributed by atoms with Gasteiger partial charge in [-0.1, -0.05) is 62.4 Å². The molecule has 128 valence electrons. The average Bonchev–Trinajstić information content (AvgIpc) is 2.57. The second-order valence-corrected chi connectivity index (χ2v) is 6.82. The smallest absolute Gasteiger partial charge is 0.260 e. The van der Waals surface area contributed by atoms with E-state index in [1.165, 1.54) is 37.5 Å². The first-order chi connectivity index (χ1) is 11.7. The van der Waals surface area contributed by atoms with Gasteiger partial charge in [-0.15, -0.1) is 0 Å². The second-order valence-electron chi connectivity index (χ2n) is 6.82. The SMILES string of the molecule is C[C@H](Oc1ccc2ccccc2c1)C(=O)NC1CCCCCCC1. The van der Waals surface area contributed by atoms with E-state index >= 15 is 0 Å². The third-order valence-corrected chi connectivity index (χ3v) is 4.85.